The van der Waals surface area contributed by atoms with Gasteiger partial charge in [-0.25, -0.2) is 0 Å². The standard InChI is InChI=1S/C11H15ClN2O/c1-9-8-15-5-4-14(9)11-7-13-3-2-10(11)6-12/h2-3,7,9H,4-6,8H2,1H3. The predicted molar refractivity (Wildman–Crippen MR) is 61.4 cm³/mol. The van der Waals surface area contributed by atoms with Crippen molar-refractivity contribution in [3.8, 4) is 0 Å². The quantitative estimate of drug-likeness (QED) is 0.722. The van der Waals surface area contributed by atoms with E-state index in [9.17, 15) is 0 Å². The van der Waals surface area contributed by atoms with Crippen LogP contribution in [0.4, 0.5) is 5.69 Å². The summed E-state index contributed by atoms with van der Waals surface area (Å²) in [4.78, 5) is 6.48. The van der Waals surface area contributed by atoms with Gasteiger partial charge in [-0.05, 0) is 18.6 Å². The lowest BCUT2D eigenvalue weighted by Crippen LogP contribution is -2.44. The summed E-state index contributed by atoms with van der Waals surface area (Å²) in [7, 11) is 0. The van der Waals surface area contributed by atoms with E-state index in [-0.39, 0.29) is 0 Å². The topological polar surface area (TPSA) is 25.4 Å². The Morgan fingerprint density at radius 2 is 2.53 bits per heavy atom. The maximum absolute atomic E-state index is 5.91. The third-order valence-corrected chi connectivity index (χ3v) is 3.00. The summed E-state index contributed by atoms with van der Waals surface area (Å²) in [6, 6.07) is 2.37. The fourth-order valence-corrected chi connectivity index (χ4v) is 2.10. The van der Waals surface area contributed by atoms with Crippen molar-refractivity contribution in [2.75, 3.05) is 24.7 Å². The number of halogens is 1. The molecule has 0 aliphatic carbocycles. The molecule has 0 N–H and O–H groups in total. The molecule has 4 heteroatoms. The van der Waals surface area contributed by atoms with E-state index in [1.54, 1.807) is 6.20 Å². The summed E-state index contributed by atoms with van der Waals surface area (Å²) < 4.78 is 5.41. The molecule has 0 amide bonds. The number of aromatic nitrogens is 1. The fourth-order valence-electron chi connectivity index (χ4n) is 1.87. The van der Waals surface area contributed by atoms with Crippen molar-refractivity contribution >= 4 is 17.3 Å². The van der Waals surface area contributed by atoms with E-state index < -0.39 is 0 Å². The normalized spacial score (nSPS) is 21.7. The second kappa shape index (κ2) is 4.81. The van der Waals surface area contributed by atoms with Gasteiger partial charge in [-0.1, -0.05) is 0 Å². The summed E-state index contributed by atoms with van der Waals surface area (Å²) >= 11 is 5.91. The van der Waals surface area contributed by atoms with Crippen molar-refractivity contribution in [1.82, 2.24) is 4.98 Å². The third-order valence-electron chi connectivity index (χ3n) is 2.71. The minimum Gasteiger partial charge on any atom is -0.377 e. The van der Waals surface area contributed by atoms with Crippen LogP contribution in [-0.2, 0) is 10.6 Å². The van der Waals surface area contributed by atoms with Gasteiger partial charge in [-0.2, -0.15) is 0 Å². The lowest BCUT2D eigenvalue weighted by Gasteiger charge is -2.36. The molecule has 1 aromatic rings. The van der Waals surface area contributed by atoms with Crippen molar-refractivity contribution in [3.63, 3.8) is 0 Å². The maximum atomic E-state index is 5.91. The minimum atomic E-state index is 0.393. The van der Waals surface area contributed by atoms with Crippen LogP contribution in [0, 0.1) is 0 Å². The molecule has 0 bridgehead atoms. The van der Waals surface area contributed by atoms with Crippen LogP contribution in [0.1, 0.15) is 12.5 Å². The van der Waals surface area contributed by atoms with Crippen molar-refractivity contribution in [1.29, 1.82) is 0 Å². The molecule has 1 fully saturated rings. The highest BCUT2D eigenvalue weighted by atomic mass is 35.5. The molecule has 2 rings (SSSR count). The molecule has 82 valence electrons. The highest BCUT2D eigenvalue weighted by molar-refractivity contribution is 6.17. The van der Waals surface area contributed by atoms with E-state index in [1.807, 2.05) is 12.3 Å². The molecule has 0 spiro atoms. The van der Waals surface area contributed by atoms with Crippen LogP contribution in [0.5, 0.6) is 0 Å². The number of alkyl halides is 1. The van der Waals surface area contributed by atoms with Gasteiger partial charge in [-0.15, -0.1) is 11.6 Å². The smallest absolute Gasteiger partial charge is 0.0668 e. The Balaban J connectivity index is 2.26. The first-order valence-corrected chi connectivity index (χ1v) is 5.69. The molecule has 1 aromatic heterocycles. The van der Waals surface area contributed by atoms with Crippen LogP contribution >= 0.6 is 11.6 Å². The molecule has 0 radical (unpaired) electrons. The number of hydrogen-bond donors (Lipinski definition) is 0. The predicted octanol–water partition coefficient (Wildman–Crippen LogP) is 2.05. The van der Waals surface area contributed by atoms with Crippen LogP contribution in [0.3, 0.4) is 0 Å². The van der Waals surface area contributed by atoms with E-state index in [0.29, 0.717) is 11.9 Å². The van der Waals surface area contributed by atoms with Crippen LogP contribution in [0.15, 0.2) is 18.5 Å². The highest BCUT2D eigenvalue weighted by Crippen LogP contribution is 2.24. The van der Waals surface area contributed by atoms with Gasteiger partial charge in [0.2, 0.25) is 0 Å². The lowest BCUT2D eigenvalue weighted by atomic mass is 10.1. The Morgan fingerprint density at radius 3 is 3.27 bits per heavy atom. The number of ether oxygens (including phenoxy) is 1. The first-order valence-electron chi connectivity index (χ1n) is 5.16. The van der Waals surface area contributed by atoms with Gasteiger partial charge >= 0.3 is 0 Å². The fraction of sp³-hybridized carbons (Fsp3) is 0.545. The molecule has 1 saturated heterocycles. The molecular formula is C11H15ClN2O. The number of pyridine rings is 1. The summed E-state index contributed by atoms with van der Waals surface area (Å²) in [6.45, 7) is 4.62. The van der Waals surface area contributed by atoms with E-state index >= 15 is 0 Å². The molecule has 1 unspecified atom stereocenters. The van der Waals surface area contributed by atoms with E-state index in [1.165, 1.54) is 0 Å². The number of anilines is 1. The van der Waals surface area contributed by atoms with Crippen LogP contribution in [0.2, 0.25) is 0 Å². The summed E-state index contributed by atoms with van der Waals surface area (Å²) in [5.41, 5.74) is 2.28. The van der Waals surface area contributed by atoms with Crippen LogP contribution in [0.25, 0.3) is 0 Å². The second-order valence-electron chi connectivity index (χ2n) is 3.76. The third kappa shape index (κ3) is 2.24. The molecule has 1 aliphatic heterocycles. The Kier molecular flexibility index (Phi) is 3.44. The summed E-state index contributed by atoms with van der Waals surface area (Å²) in [6.07, 6.45) is 3.67. The van der Waals surface area contributed by atoms with Crippen LogP contribution < -0.4 is 4.90 Å². The van der Waals surface area contributed by atoms with Crippen LogP contribution in [-0.4, -0.2) is 30.8 Å². The van der Waals surface area contributed by atoms with Gasteiger partial charge in [0.25, 0.3) is 0 Å². The van der Waals surface area contributed by atoms with Crippen molar-refractivity contribution in [2.45, 2.75) is 18.8 Å². The Bertz CT molecular complexity index is 332. The average Bonchev–Trinajstić information content (AvgIpc) is 2.30. The van der Waals surface area contributed by atoms with Gasteiger partial charge in [0.05, 0.1) is 25.1 Å². The van der Waals surface area contributed by atoms with Gasteiger partial charge in [0.15, 0.2) is 0 Å². The van der Waals surface area contributed by atoms with Crippen molar-refractivity contribution in [2.24, 2.45) is 0 Å². The first kappa shape index (κ1) is 10.7. The monoisotopic (exact) mass is 226 g/mol. The van der Waals surface area contributed by atoms with Gasteiger partial charge < -0.3 is 9.64 Å². The first-order chi connectivity index (χ1) is 7.33. The zero-order valence-electron chi connectivity index (χ0n) is 8.82. The number of morpholine rings is 1. The second-order valence-corrected chi connectivity index (χ2v) is 4.02. The molecule has 0 saturated carbocycles. The molecular weight excluding hydrogens is 212 g/mol. The van der Waals surface area contributed by atoms with E-state index in [4.69, 9.17) is 16.3 Å². The zero-order chi connectivity index (χ0) is 10.7. The number of hydrogen-bond acceptors (Lipinski definition) is 3. The summed E-state index contributed by atoms with van der Waals surface area (Å²) in [5, 5.41) is 0. The van der Waals surface area contributed by atoms with E-state index in [0.717, 1.165) is 31.0 Å². The van der Waals surface area contributed by atoms with Gasteiger partial charge in [0.1, 0.15) is 0 Å². The molecule has 0 aromatic carbocycles. The molecule has 3 nitrogen and oxygen atoms in total. The Hall–Kier alpha value is -0.800. The SMILES string of the molecule is CC1COCCN1c1cnccc1CCl. The maximum Gasteiger partial charge on any atom is 0.0668 e. The molecule has 1 aliphatic rings. The van der Waals surface area contributed by atoms with Gasteiger partial charge in [-0.3, -0.25) is 4.98 Å². The number of nitrogens with zero attached hydrogens (tertiary/aromatic N) is 2. The summed E-state index contributed by atoms with van der Waals surface area (Å²) in [5.74, 6) is 0.530. The van der Waals surface area contributed by atoms with Crippen molar-refractivity contribution in [3.05, 3.63) is 24.0 Å². The molecule has 2 heterocycles. The van der Waals surface area contributed by atoms with E-state index in [2.05, 4.69) is 16.8 Å². The largest absolute Gasteiger partial charge is 0.377 e. The number of rotatable bonds is 2. The minimum absolute atomic E-state index is 0.393. The average molecular weight is 227 g/mol. The highest BCUT2D eigenvalue weighted by Gasteiger charge is 2.20. The van der Waals surface area contributed by atoms with Crippen molar-refractivity contribution < 1.29 is 4.74 Å². The zero-order valence-corrected chi connectivity index (χ0v) is 9.57. The lowest BCUT2D eigenvalue weighted by molar-refractivity contribution is 0.0988. The van der Waals surface area contributed by atoms with Gasteiger partial charge in [0, 0.05) is 24.7 Å². The Morgan fingerprint density at radius 1 is 1.67 bits per heavy atom. The molecule has 15 heavy (non-hydrogen) atoms. The molecule has 1 atom stereocenters. The Labute approximate surface area is 95.0 Å².